The molecule has 150 valence electrons. The van der Waals surface area contributed by atoms with Crippen LogP contribution >= 0.6 is 0 Å². The number of amides is 2. The first-order valence-corrected chi connectivity index (χ1v) is 9.45. The number of ether oxygens (including phenoxy) is 1. The third-order valence-corrected chi connectivity index (χ3v) is 4.35. The molecule has 0 aliphatic carbocycles. The van der Waals surface area contributed by atoms with Crippen LogP contribution in [0.2, 0.25) is 0 Å². The van der Waals surface area contributed by atoms with E-state index in [1.54, 1.807) is 36.4 Å². The molecule has 0 saturated heterocycles. The van der Waals surface area contributed by atoms with Gasteiger partial charge in [0.1, 0.15) is 18.4 Å². The zero-order valence-electron chi connectivity index (χ0n) is 16.4. The molecule has 0 spiro atoms. The summed E-state index contributed by atoms with van der Waals surface area (Å²) in [5.41, 5.74) is 1.71. The molecule has 0 aliphatic rings. The zero-order valence-corrected chi connectivity index (χ0v) is 16.4. The van der Waals surface area contributed by atoms with Crippen LogP contribution in [-0.4, -0.2) is 17.9 Å². The second-order valence-electron chi connectivity index (χ2n) is 6.96. The number of carbonyl (C=O) groups is 2. The maximum Gasteiger partial charge on any atom is 0.287 e. The van der Waals surface area contributed by atoms with Gasteiger partial charge < -0.3 is 19.8 Å². The van der Waals surface area contributed by atoms with Gasteiger partial charge in [0, 0.05) is 5.69 Å². The maximum atomic E-state index is 12.7. The highest BCUT2D eigenvalue weighted by Crippen LogP contribution is 2.18. The summed E-state index contributed by atoms with van der Waals surface area (Å²) in [5, 5.41) is 5.55. The Morgan fingerprint density at radius 2 is 1.69 bits per heavy atom. The topological polar surface area (TPSA) is 80.6 Å². The fourth-order valence-corrected chi connectivity index (χ4v) is 2.75. The Kier molecular flexibility index (Phi) is 6.68. The van der Waals surface area contributed by atoms with E-state index >= 15 is 0 Å². The summed E-state index contributed by atoms with van der Waals surface area (Å²) in [6.07, 6.45) is 1.42. The lowest BCUT2D eigenvalue weighted by Crippen LogP contribution is -2.47. The van der Waals surface area contributed by atoms with Crippen molar-refractivity contribution in [2.24, 2.45) is 5.92 Å². The molecule has 0 fully saturated rings. The molecular formula is C23H24N2O4. The predicted octanol–water partition coefficient (Wildman–Crippen LogP) is 4.25. The summed E-state index contributed by atoms with van der Waals surface area (Å²) in [5.74, 6) is 0.0653. The van der Waals surface area contributed by atoms with E-state index in [1.807, 2.05) is 44.2 Å². The Hall–Kier alpha value is -3.54. The summed E-state index contributed by atoms with van der Waals surface area (Å²) in [7, 11) is 0. The standard InChI is InChI=1S/C23H24N2O4/c1-16(2)21(25-22(26)20-9-6-14-28-20)23(27)24-18-10-12-19(13-11-18)29-15-17-7-4-3-5-8-17/h3-14,16,21H,15H2,1-2H3,(H,24,27)(H,25,26). The van der Waals surface area contributed by atoms with Gasteiger partial charge in [0.2, 0.25) is 5.91 Å². The van der Waals surface area contributed by atoms with Crippen molar-refractivity contribution in [3.05, 3.63) is 84.3 Å². The largest absolute Gasteiger partial charge is 0.489 e. The minimum Gasteiger partial charge on any atom is -0.489 e. The molecule has 0 radical (unpaired) electrons. The number of rotatable bonds is 8. The highest BCUT2D eigenvalue weighted by Gasteiger charge is 2.25. The van der Waals surface area contributed by atoms with Crippen LogP contribution in [0.4, 0.5) is 5.69 Å². The molecule has 3 aromatic rings. The van der Waals surface area contributed by atoms with Crippen LogP contribution in [0, 0.1) is 5.92 Å². The van der Waals surface area contributed by atoms with Gasteiger partial charge in [-0.1, -0.05) is 44.2 Å². The molecule has 6 heteroatoms. The zero-order chi connectivity index (χ0) is 20.6. The van der Waals surface area contributed by atoms with Crippen molar-refractivity contribution in [1.29, 1.82) is 0 Å². The lowest BCUT2D eigenvalue weighted by molar-refractivity contribution is -0.118. The van der Waals surface area contributed by atoms with E-state index < -0.39 is 11.9 Å². The summed E-state index contributed by atoms with van der Waals surface area (Å²) in [6.45, 7) is 4.21. The summed E-state index contributed by atoms with van der Waals surface area (Å²) in [4.78, 5) is 24.9. The van der Waals surface area contributed by atoms with Crippen LogP contribution in [0.3, 0.4) is 0 Å². The lowest BCUT2D eigenvalue weighted by atomic mass is 10.0. The van der Waals surface area contributed by atoms with E-state index in [9.17, 15) is 9.59 Å². The third-order valence-electron chi connectivity index (χ3n) is 4.35. The minimum absolute atomic E-state index is 0.0950. The van der Waals surface area contributed by atoms with Crippen molar-refractivity contribution < 1.29 is 18.7 Å². The van der Waals surface area contributed by atoms with Gasteiger partial charge in [-0.25, -0.2) is 0 Å². The molecule has 29 heavy (non-hydrogen) atoms. The van der Waals surface area contributed by atoms with Crippen molar-refractivity contribution in [2.75, 3.05) is 5.32 Å². The fourth-order valence-electron chi connectivity index (χ4n) is 2.75. The van der Waals surface area contributed by atoms with Gasteiger partial charge in [-0.3, -0.25) is 9.59 Å². The van der Waals surface area contributed by atoms with Crippen LogP contribution in [-0.2, 0) is 11.4 Å². The normalized spacial score (nSPS) is 11.7. The third kappa shape index (κ3) is 5.72. The SMILES string of the molecule is CC(C)C(NC(=O)c1ccco1)C(=O)Nc1ccc(OCc2ccccc2)cc1. The monoisotopic (exact) mass is 392 g/mol. The van der Waals surface area contributed by atoms with E-state index in [0.717, 1.165) is 5.56 Å². The van der Waals surface area contributed by atoms with E-state index in [0.29, 0.717) is 18.0 Å². The molecule has 2 amide bonds. The number of benzene rings is 2. The highest BCUT2D eigenvalue weighted by atomic mass is 16.5. The quantitative estimate of drug-likeness (QED) is 0.600. The van der Waals surface area contributed by atoms with Gasteiger partial charge in [-0.2, -0.15) is 0 Å². The number of carbonyl (C=O) groups excluding carboxylic acids is 2. The van der Waals surface area contributed by atoms with Gasteiger partial charge >= 0.3 is 0 Å². The Balaban J connectivity index is 1.57. The Morgan fingerprint density at radius 3 is 2.31 bits per heavy atom. The van der Waals surface area contributed by atoms with Gasteiger partial charge in [0.25, 0.3) is 5.91 Å². The first-order chi connectivity index (χ1) is 14.0. The van der Waals surface area contributed by atoms with Crippen molar-refractivity contribution in [2.45, 2.75) is 26.5 Å². The number of hydrogen-bond donors (Lipinski definition) is 2. The van der Waals surface area contributed by atoms with Crippen molar-refractivity contribution in [3.63, 3.8) is 0 Å². The average Bonchev–Trinajstić information content (AvgIpc) is 3.27. The van der Waals surface area contributed by atoms with Crippen LogP contribution in [0.15, 0.2) is 77.4 Å². The second-order valence-corrected chi connectivity index (χ2v) is 6.96. The van der Waals surface area contributed by atoms with E-state index in [1.165, 1.54) is 6.26 Å². The van der Waals surface area contributed by atoms with Crippen LogP contribution in [0.25, 0.3) is 0 Å². The average molecular weight is 392 g/mol. The van der Waals surface area contributed by atoms with Crippen LogP contribution < -0.4 is 15.4 Å². The molecule has 0 saturated carbocycles. The van der Waals surface area contributed by atoms with E-state index in [4.69, 9.17) is 9.15 Å². The molecule has 2 N–H and O–H groups in total. The van der Waals surface area contributed by atoms with Crippen LogP contribution in [0.5, 0.6) is 5.75 Å². The molecule has 1 atom stereocenters. The van der Waals surface area contributed by atoms with E-state index in [-0.39, 0.29) is 17.6 Å². The summed E-state index contributed by atoms with van der Waals surface area (Å²) >= 11 is 0. The van der Waals surface area contributed by atoms with Gasteiger partial charge in [0.15, 0.2) is 5.76 Å². The van der Waals surface area contributed by atoms with Crippen molar-refractivity contribution in [1.82, 2.24) is 5.32 Å². The Labute approximate surface area is 169 Å². The van der Waals surface area contributed by atoms with Crippen molar-refractivity contribution >= 4 is 17.5 Å². The van der Waals surface area contributed by atoms with Gasteiger partial charge in [0.05, 0.1) is 6.26 Å². The molecular weight excluding hydrogens is 368 g/mol. The number of anilines is 1. The predicted molar refractivity (Wildman–Crippen MR) is 111 cm³/mol. The number of hydrogen-bond acceptors (Lipinski definition) is 4. The molecule has 0 aliphatic heterocycles. The number of furan rings is 1. The number of nitrogens with one attached hydrogen (secondary N) is 2. The van der Waals surface area contributed by atoms with E-state index in [2.05, 4.69) is 10.6 Å². The first kappa shape index (κ1) is 20.2. The molecule has 1 heterocycles. The molecule has 6 nitrogen and oxygen atoms in total. The lowest BCUT2D eigenvalue weighted by Gasteiger charge is -2.21. The van der Waals surface area contributed by atoms with Gasteiger partial charge in [-0.15, -0.1) is 0 Å². The molecule has 1 aromatic heterocycles. The minimum atomic E-state index is -0.693. The smallest absolute Gasteiger partial charge is 0.287 e. The van der Waals surface area contributed by atoms with Crippen LogP contribution in [0.1, 0.15) is 30.0 Å². The van der Waals surface area contributed by atoms with Crippen molar-refractivity contribution in [3.8, 4) is 5.75 Å². The molecule has 2 aromatic carbocycles. The van der Waals surface area contributed by atoms with Gasteiger partial charge in [-0.05, 0) is 47.9 Å². The fraction of sp³-hybridized carbons (Fsp3) is 0.217. The molecule has 0 bridgehead atoms. The molecule has 3 rings (SSSR count). The highest BCUT2D eigenvalue weighted by molar-refractivity contribution is 6.00. The first-order valence-electron chi connectivity index (χ1n) is 9.45. The maximum absolute atomic E-state index is 12.7. The second kappa shape index (κ2) is 9.59. The summed E-state index contributed by atoms with van der Waals surface area (Å²) in [6, 6.07) is 19.5. The Morgan fingerprint density at radius 1 is 0.966 bits per heavy atom. The molecule has 1 unspecified atom stereocenters. The Bertz CT molecular complexity index is 919. The summed E-state index contributed by atoms with van der Waals surface area (Å²) < 4.78 is 10.8.